The zero-order valence-electron chi connectivity index (χ0n) is 13.0. The van der Waals surface area contributed by atoms with Crippen LogP contribution in [0.15, 0.2) is 34.9 Å². The molecule has 0 aliphatic heterocycles. The van der Waals surface area contributed by atoms with Crippen LogP contribution in [0.1, 0.15) is 31.5 Å². The highest BCUT2D eigenvalue weighted by Gasteiger charge is 2.08. The summed E-state index contributed by atoms with van der Waals surface area (Å²) in [6.45, 7) is 7.54. The highest BCUT2D eigenvalue weighted by atomic mass is 16.3. The SMILES string of the molecule is Cc1ccc(-c2nc(CNCC(C)CC(C)O)co2)cc1. The second-order valence-electron chi connectivity index (χ2n) is 5.83. The van der Waals surface area contributed by atoms with Gasteiger partial charge in [0.1, 0.15) is 6.26 Å². The zero-order valence-corrected chi connectivity index (χ0v) is 13.0. The third-order valence-electron chi connectivity index (χ3n) is 3.39. The Morgan fingerprint density at radius 3 is 2.62 bits per heavy atom. The lowest BCUT2D eigenvalue weighted by molar-refractivity contribution is 0.163. The largest absolute Gasteiger partial charge is 0.444 e. The minimum absolute atomic E-state index is 0.248. The third-order valence-corrected chi connectivity index (χ3v) is 3.39. The number of nitrogens with zero attached hydrogens (tertiary/aromatic N) is 1. The van der Waals surface area contributed by atoms with Crippen LogP contribution in [0.2, 0.25) is 0 Å². The molecule has 0 bridgehead atoms. The van der Waals surface area contributed by atoms with E-state index >= 15 is 0 Å². The molecule has 1 aromatic heterocycles. The van der Waals surface area contributed by atoms with Crippen LogP contribution in [0.5, 0.6) is 0 Å². The first-order chi connectivity index (χ1) is 10.0. The number of aliphatic hydroxyl groups is 1. The van der Waals surface area contributed by atoms with Crippen molar-refractivity contribution < 1.29 is 9.52 Å². The van der Waals surface area contributed by atoms with Crippen LogP contribution in [0.3, 0.4) is 0 Å². The Morgan fingerprint density at radius 1 is 1.24 bits per heavy atom. The summed E-state index contributed by atoms with van der Waals surface area (Å²) in [7, 11) is 0. The maximum absolute atomic E-state index is 9.33. The van der Waals surface area contributed by atoms with Crippen LogP contribution in [0.4, 0.5) is 0 Å². The Hall–Kier alpha value is -1.65. The smallest absolute Gasteiger partial charge is 0.226 e. The van der Waals surface area contributed by atoms with Crippen molar-refractivity contribution in [2.24, 2.45) is 5.92 Å². The van der Waals surface area contributed by atoms with Gasteiger partial charge < -0.3 is 14.8 Å². The topological polar surface area (TPSA) is 58.3 Å². The molecule has 2 aromatic rings. The Kier molecular flexibility index (Phi) is 5.53. The van der Waals surface area contributed by atoms with Gasteiger partial charge in [-0.25, -0.2) is 4.98 Å². The van der Waals surface area contributed by atoms with E-state index in [-0.39, 0.29) is 6.10 Å². The first-order valence-corrected chi connectivity index (χ1v) is 7.45. The molecule has 1 heterocycles. The molecule has 0 spiro atoms. The van der Waals surface area contributed by atoms with Gasteiger partial charge in [0.2, 0.25) is 5.89 Å². The lowest BCUT2D eigenvalue weighted by atomic mass is 10.0. The van der Waals surface area contributed by atoms with Crippen molar-refractivity contribution in [1.82, 2.24) is 10.3 Å². The van der Waals surface area contributed by atoms with E-state index in [0.29, 0.717) is 18.4 Å². The van der Waals surface area contributed by atoms with Crippen molar-refractivity contribution in [2.75, 3.05) is 6.54 Å². The molecule has 0 amide bonds. The highest BCUT2D eigenvalue weighted by Crippen LogP contribution is 2.19. The molecule has 114 valence electrons. The van der Waals surface area contributed by atoms with Crippen LogP contribution in [-0.2, 0) is 6.54 Å². The minimum Gasteiger partial charge on any atom is -0.444 e. The van der Waals surface area contributed by atoms with Gasteiger partial charge in [-0.1, -0.05) is 24.6 Å². The molecule has 0 aliphatic carbocycles. The van der Waals surface area contributed by atoms with Crippen LogP contribution in [0, 0.1) is 12.8 Å². The van der Waals surface area contributed by atoms with Crippen molar-refractivity contribution in [3.05, 3.63) is 41.8 Å². The summed E-state index contributed by atoms with van der Waals surface area (Å²) < 4.78 is 5.52. The summed E-state index contributed by atoms with van der Waals surface area (Å²) in [5, 5.41) is 12.7. The Bertz CT molecular complexity index is 546. The van der Waals surface area contributed by atoms with Gasteiger partial charge in [0, 0.05) is 12.1 Å². The first kappa shape index (κ1) is 15.7. The highest BCUT2D eigenvalue weighted by molar-refractivity contribution is 5.53. The Morgan fingerprint density at radius 2 is 1.95 bits per heavy atom. The number of aryl methyl sites for hydroxylation is 1. The average Bonchev–Trinajstić information content (AvgIpc) is 2.87. The Balaban J connectivity index is 1.84. The van der Waals surface area contributed by atoms with Crippen LogP contribution >= 0.6 is 0 Å². The summed E-state index contributed by atoms with van der Waals surface area (Å²) >= 11 is 0. The zero-order chi connectivity index (χ0) is 15.2. The van der Waals surface area contributed by atoms with E-state index in [4.69, 9.17) is 4.42 Å². The maximum atomic E-state index is 9.33. The number of hydrogen-bond acceptors (Lipinski definition) is 4. The van der Waals surface area contributed by atoms with E-state index in [1.807, 2.05) is 19.1 Å². The molecular formula is C17H24N2O2. The monoisotopic (exact) mass is 288 g/mol. The van der Waals surface area contributed by atoms with Gasteiger partial charge in [-0.05, 0) is 44.9 Å². The fraction of sp³-hybridized carbons (Fsp3) is 0.471. The molecule has 0 aliphatic rings. The fourth-order valence-corrected chi connectivity index (χ4v) is 2.33. The van der Waals surface area contributed by atoms with E-state index in [9.17, 15) is 5.11 Å². The van der Waals surface area contributed by atoms with E-state index in [0.717, 1.165) is 24.2 Å². The standard InChI is InChI=1S/C17H24N2O2/c1-12-4-6-15(7-5-12)17-19-16(11-21-17)10-18-9-13(2)8-14(3)20/h4-7,11,13-14,18,20H,8-10H2,1-3H3. The number of aliphatic hydroxyl groups excluding tert-OH is 1. The molecule has 2 unspecified atom stereocenters. The summed E-state index contributed by atoms with van der Waals surface area (Å²) in [5.74, 6) is 1.09. The second kappa shape index (κ2) is 7.38. The summed E-state index contributed by atoms with van der Waals surface area (Å²) in [4.78, 5) is 4.49. The maximum Gasteiger partial charge on any atom is 0.226 e. The van der Waals surface area contributed by atoms with E-state index in [1.165, 1.54) is 5.56 Å². The molecule has 4 nitrogen and oxygen atoms in total. The van der Waals surface area contributed by atoms with Gasteiger partial charge in [0.05, 0.1) is 11.8 Å². The van der Waals surface area contributed by atoms with Gasteiger partial charge in [-0.15, -0.1) is 0 Å². The number of nitrogens with one attached hydrogen (secondary N) is 1. The number of hydrogen-bond donors (Lipinski definition) is 2. The molecule has 0 saturated carbocycles. The van der Waals surface area contributed by atoms with Crippen LogP contribution in [-0.4, -0.2) is 22.7 Å². The third kappa shape index (κ3) is 4.99. The van der Waals surface area contributed by atoms with Crippen molar-refractivity contribution in [3.8, 4) is 11.5 Å². The molecule has 0 fully saturated rings. The van der Waals surface area contributed by atoms with Crippen LogP contribution < -0.4 is 5.32 Å². The van der Waals surface area contributed by atoms with Crippen molar-refractivity contribution >= 4 is 0 Å². The van der Waals surface area contributed by atoms with E-state index < -0.39 is 0 Å². The van der Waals surface area contributed by atoms with Gasteiger partial charge in [0.15, 0.2) is 0 Å². The predicted molar refractivity (Wildman–Crippen MR) is 83.8 cm³/mol. The van der Waals surface area contributed by atoms with E-state index in [2.05, 4.69) is 36.3 Å². The van der Waals surface area contributed by atoms with Crippen molar-refractivity contribution in [1.29, 1.82) is 0 Å². The minimum atomic E-state index is -0.248. The second-order valence-corrected chi connectivity index (χ2v) is 5.83. The van der Waals surface area contributed by atoms with Gasteiger partial charge in [-0.3, -0.25) is 0 Å². The van der Waals surface area contributed by atoms with Gasteiger partial charge >= 0.3 is 0 Å². The first-order valence-electron chi connectivity index (χ1n) is 7.45. The average molecular weight is 288 g/mol. The van der Waals surface area contributed by atoms with Crippen molar-refractivity contribution in [2.45, 2.75) is 39.8 Å². The molecule has 0 radical (unpaired) electrons. The normalized spacial score (nSPS) is 14.1. The lowest BCUT2D eigenvalue weighted by Crippen LogP contribution is -2.23. The predicted octanol–water partition coefficient (Wildman–Crippen LogP) is 3.15. The number of oxazole rings is 1. The fourth-order valence-electron chi connectivity index (χ4n) is 2.33. The van der Waals surface area contributed by atoms with Crippen molar-refractivity contribution in [3.63, 3.8) is 0 Å². The summed E-state index contributed by atoms with van der Waals surface area (Å²) in [6, 6.07) is 8.14. The number of rotatable bonds is 7. The molecule has 0 saturated heterocycles. The molecule has 4 heteroatoms. The lowest BCUT2D eigenvalue weighted by Gasteiger charge is -2.13. The molecule has 21 heavy (non-hydrogen) atoms. The quantitative estimate of drug-likeness (QED) is 0.821. The van der Waals surface area contributed by atoms with Gasteiger partial charge in [0.25, 0.3) is 0 Å². The van der Waals surface area contributed by atoms with E-state index in [1.54, 1.807) is 6.26 Å². The molecular weight excluding hydrogens is 264 g/mol. The Labute approximate surface area is 126 Å². The molecule has 1 aromatic carbocycles. The van der Waals surface area contributed by atoms with Crippen LogP contribution in [0.25, 0.3) is 11.5 Å². The number of aromatic nitrogens is 1. The summed E-state index contributed by atoms with van der Waals surface area (Å²) in [5.41, 5.74) is 3.11. The summed E-state index contributed by atoms with van der Waals surface area (Å²) in [6.07, 6.45) is 2.25. The van der Waals surface area contributed by atoms with Gasteiger partial charge in [-0.2, -0.15) is 0 Å². The number of benzene rings is 1. The molecule has 2 atom stereocenters. The molecule has 2 N–H and O–H groups in total. The molecule has 2 rings (SSSR count).